The summed E-state index contributed by atoms with van der Waals surface area (Å²) in [4.78, 5) is 4.18. The molecule has 1 aliphatic heterocycles. The van der Waals surface area contributed by atoms with E-state index in [1.807, 2.05) is 31.2 Å². The van der Waals surface area contributed by atoms with Gasteiger partial charge in [-0.05, 0) is 49.1 Å². The van der Waals surface area contributed by atoms with Crippen molar-refractivity contribution >= 4 is 10.0 Å². The molecule has 1 aliphatic rings. The van der Waals surface area contributed by atoms with Crippen LogP contribution in [-0.4, -0.2) is 37.4 Å². The average molecular weight is 332 g/mol. The van der Waals surface area contributed by atoms with Gasteiger partial charge >= 0.3 is 0 Å². The second-order valence-corrected chi connectivity index (χ2v) is 7.71. The normalized spacial score (nSPS) is 22.2. The molecule has 1 aromatic carbocycles. The first kappa shape index (κ1) is 16.0. The van der Waals surface area contributed by atoms with E-state index in [0.29, 0.717) is 6.54 Å². The predicted octanol–water partition coefficient (Wildman–Crippen LogP) is 2.66. The van der Waals surface area contributed by atoms with Gasteiger partial charge in [-0.1, -0.05) is 12.1 Å². The van der Waals surface area contributed by atoms with Crippen LogP contribution in [0.4, 0.5) is 0 Å². The third-order valence-electron chi connectivity index (χ3n) is 4.35. The number of methoxy groups -OCH3 is 1. The van der Waals surface area contributed by atoms with Crippen LogP contribution < -0.4 is 4.74 Å². The summed E-state index contributed by atoms with van der Waals surface area (Å²) in [6, 6.07) is 11.1. The molecule has 23 heavy (non-hydrogen) atoms. The number of pyridine rings is 1. The molecule has 1 saturated heterocycles. The largest absolute Gasteiger partial charge is 0.497 e. The van der Waals surface area contributed by atoms with E-state index in [1.54, 1.807) is 29.7 Å². The summed E-state index contributed by atoms with van der Waals surface area (Å²) < 4.78 is 32.3. The van der Waals surface area contributed by atoms with Gasteiger partial charge in [0.15, 0.2) is 0 Å². The Balaban J connectivity index is 1.83. The van der Waals surface area contributed by atoms with Gasteiger partial charge in [-0.2, -0.15) is 4.31 Å². The lowest BCUT2D eigenvalue weighted by Crippen LogP contribution is -2.34. The first-order chi connectivity index (χ1) is 11.0. The van der Waals surface area contributed by atoms with Crippen LogP contribution in [0, 0.1) is 0 Å². The molecule has 0 saturated carbocycles. The van der Waals surface area contributed by atoms with Gasteiger partial charge in [-0.25, -0.2) is 8.42 Å². The number of ether oxygens (including phenoxy) is 1. The highest BCUT2D eigenvalue weighted by Gasteiger charge is 2.38. The first-order valence-electron chi connectivity index (χ1n) is 7.58. The minimum atomic E-state index is -3.50. The summed E-state index contributed by atoms with van der Waals surface area (Å²) in [6.45, 7) is 2.45. The van der Waals surface area contributed by atoms with E-state index in [0.717, 1.165) is 17.7 Å². The van der Waals surface area contributed by atoms with Crippen molar-refractivity contribution in [1.82, 2.24) is 9.29 Å². The van der Waals surface area contributed by atoms with Crippen LogP contribution in [0.3, 0.4) is 0 Å². The van der Waals surface area contributed by atoms with Crippen molar-refractivity contribution in [2.24, 2.45) is 0 Å². The predicted molar refractivity (Wildman–Crippen MR) is 87.9 cm³/mol. The minimum Gasteiger partial charge on any atom is -0.497 e. The Bertz CT molecular complexity index is 760. The van der Waals surface area contributed by atoms with Gasteiger partial charge in [0.1, 0.15) is 10.6 Å². The maximum atomic E-state index is 12.8. The third-order valence-corrected chi connectivity index (χ3v) is 6.31. The third kappa shape index (κ3) is 3.09. The fourth-order valence-electron chi connectivity index (χ4n) is 3.09. The summed E-state index contributed by atoms with van der Waals surface area (Å²) in [5.41, 5.74) is 1.14. The first-order valence-corrected chi connectivity index (χ1v) is 9.02. The van der Waals surface area contributed by atoms with E-state index in [4.69, 9.17) is 4.74 Å². The Morgan fingerprint density at radius 1 is 1.22 bits per heavy atom. The Kier molecular flexibility index (Phi) is 4.37. The van der Waals surface area contributed by atoms with Gasteiger partial charge < -0.3 is 4.74 Å². The van der Waals surface area contributed by atoms with Gasteiger partial charge in [-0.3, -0.25) is 4.98 Å². The molecule has 122 valence electrons. The van der Waals surface area contributed by atoms with Crippen molar-refractivity contribution in [1.29, 1.82) is 0 Å². The number of aromatic nitrogens is 1. The van der Waals surface area contributed by atoms with Gasteiger partial charge in [0.2, 0.25) is 10.0 Å². The van der Waals surface area contributed by atoms with Gasteiger partial charge in [0, 0.05) is 25.0 Å². The fraction of sp³-hybridized carbons (Fsp3) is 0.353. The Morgan fingerprint density at radius 2 is 1.96 bits per heavy atom. The molecule has 1 fully saturated rings. The molecular formula is C17H20N2O3S. The van der Waals surface area contributed by atoms with Crippen molar-refractivity contribution in [3.8, 4) is 5.75 Å². The number of benzene rings is 1. The zero-order valence-electron chi connectivity index (χ0n) is 13.2. The molecule has 3 rings (SSSR count). The summed E-state index contributed by atoms with van der Waals surface area (Å²) in [5, 5.41) is 0. The lowest BCUT2D eigenvalue weighted by atomic mass is 9.97. The zero-order chi connectivity index (χ0) is 16.4. The van der Waals surface area contributed by atoms with Crippen molar-refractivity contribution < 1.29 is 13.2 Å². The number of sulfonamides is 1. The molecule has 0 aliphatic carbocycles. The molecule has 0 bridgehead atoms. The molecule has 0 spiro atoms. The molecule has 1 aromatic heterocycles. The van der Waals surface area contributed by atoms with Crippen LogP contribution in [0.2, 0.25) is 0 Å². The zero-order valence-corrected chi connectivity index (χ0v) is 14.0. The maximum absolute atomic E-state index is 12.8. The van der Waals surface area contributed by atoms with Crippen LogP contribution in [-0.2, 0) is 10.0 Å². The molecule has 2 heterocycles. The quantitative estimate of drug-likeness (QED) is 0.864. The van der Waals surface area contributed by atoms with Gasteiger partial charge in [-0.15, -0.1) is 0 Å². The lowest BCUT2D eigenvalue weighted by molar-refractivity contribution is 0.407. The Hall–Kier alpha value is -1.92. The van der Waals surface area contributed by atoms with Crippen LogP contribution in [0.25, 0.3) is 0 Å². The van der Waals surface area contributed by atoms with Crippen LogP contribution in [0.1, 0.15) is 24.8 Å². The molecule has 0 N–H and O–H groups in total. The summed E-state index contributed by atoms with van der Waals surface area (Å²) in [5.74, 6) is 1.00. The van der Waals surface area contributed by atoms with E-state index in [2.05, 4.69) is 4.98 Å². The summed E-state index contributed by atoms with van der Waals surface area (Å²) in [7, 11) is -1.86. The Labute approximate surface area is 137 Å². The van der Waals surface area contributed by atoms with Gasteiger partial charge in [0.25, 0.3) is 0 Å². The van der Waals surface area contributed by atoms with Crippen molar-refractivity contribution in [2.45, 2.75) is 30.2 Å². The van der Waals surface area contributed by atoms with E-state index in [9.17, 15) is 8.42 Å². The smallest absolute Gasteiger partial charge is 0.244 e. The number of rotatable bonds is 4. The molecule has 0 amide bonds. The molecule has 2 atom stereocenters. The second kappa shape index (κ2) is 6.29. The van der Waals surface area contributed by atoms with Crippen molar-refractivity contribution in [3.63, 3.8) is 0 Å². The highest BCUT2D eigenvalue weighted by atomic mass is 32.2. The monoisotopic (exact) mass is 332 g/mol. The fourth-order valence-corrected chi connectivity index (χ4v) is 4.74. The van der Waals surface area contributed by atoms with E-state index < -0.39 is 10.0 Å². The highest BCUT2D eigenvalue weighted by Crippen LogP contribution is 2.35. The highest BCUT2D eigenvalue weighted by molar-refractivity contribution is 7.89. The average Bonchev–Trinajstić information content (AvgIpc) is 2.98. The molecular weight excluding hydrogens is 312 g/mol. The van der Waals surface area contributed by atoms with Crippen molar-refractivity contribution in [3.05, 3.63) is 54.4 Å². The van der Waals surface area contributed by atoms with E-state index in [1.165, 1.54) is 6.20 Å². The number of hydrogen-bond acceptors (Lipinski definition) is 4. The number of hydrogen-bond donors (Lipinski definition) is 0. The summed E-state index contributed by atoms with van der Waals surface area (Å²) >= 11 is 0. The lowest BCUT2D eigenvalue weighted by Gasteiger charge is -2.20. The van der Waals surface area contributed by atoms with E-state index >= 15 is 0 Å². The van der Waals surface area contributed by atoms with Crippen LogP contribution in [0.5, 0.6) is 5.75 Å². The number of nitrogens with zero attached hydrogens (tertiary/aromatic N) is 2. The minimum absolute atomic E-state index is 0.0349. The van der Waals surface area contributed by atoms with Crippen LogP contribution >= 0.6 is 0 Å². The molecule has 6 heteroatoms. The molecule has 0 radical (unpaired) electrons. The second-order valence-electron chi connectivity index (χ2n) is 5.82. The standard InChI is InChI=1S/C17H20N2O3S/c1-13-10-15(14-5-7-16(22-2)8-6-14)12-19(13)23(20,21)17-4-3-9-18-11-17/h3-9,11,13,15H,10,12H2,1-2H3/t13-,15+/m0/s1. The molecule has 2 aromatic rings. The van der Waals surface area contributed by atoms with E-state index in [-0.39, 0.29) is 16.9 Å². The van der Waals surface area contributed by atoms with Crippen molar-refractivity contribution in [2.75, 3.05) is 13.7 Å². The summed E-state index contributed by atoms with van der Waals surface area (Å²) in [6.07, 6.45) is 3.79. The van der Waals surface area contributed by atoms with Crippen LogP contribution in [0.15, 0.2) is 53.7 Å². The van der Waals surface area contributed by atoms with Gasteiger partial charge in [0.05, 0.1) is 7.11 Å². The maximum Gasteiger partial charge on any atom is 0.244 e. The SMILES string of the molecule is COc1ccc([C@@H]2C[C@H](C)N(S(=O)(=O)c3cccnc3)C2)cc1. The molecule has 0 unspecified atom stereocenters. The topological polar surface area (TPSA) is 59.5 Å². The molecule has 5 nitrogen and oxygen atoms in total. The Morgan fingerprint density at radius 3 is 2.57 bits per heavy atom.